The fourth-order valence-electron chi connectivity index (χ4n) is 2.77. The normalized spacial score (nSPS) is 40.4. The summed E-state index contributed by atoms with van der Waals surface area (Å²) in [4.78, 5) is 0. The summed E-state index contributed by atoms with van der Waals surface area (Å²) in [6.45, 7) is 4.26. The molecule has 1 N–H and O–H groups in total. The molecule has 2 fully saturated rings. The molecule has 0 amide bonds. The first-order valence-electron chi connectivity index (χ1n) is 6.18. The summed E-state index contributed by atoms with van der Waals surface area (Å²) in [5.41, 5.74) is 0.157. The van der Waals surface area contributed by atoms with Crippen LogP contribution in [0.3, 0.4) is 0 Å². The SMILES string of the molecule is CCCNC1CCOC2(C1)CC(OC)C2. The second-order valence-corrected chi connectivity index (χ2v) is 4.94. The minimum absolute atomic E-state index is 0.157. The van der Waals surface area contributed by atoms with E-state index in [-0.39, 0.29) is 5.60 Å². The summed E-state index contributed by atoms with van der Waals surface area (Å²) in [5.74, 6) is 0. The Morgan fingerprint density at radius 1 is 1.40 bits per heavy atom. The number of hydrogen-bond donors (Lipinski definition) is 1. The van der Waals surface area contributed by atoms with Crippen LogP contribution in [-0.2, 0) is 9.47 Å². The van der Waals surface area contributed by atoms with Crippen LogP contribution in [0, 0.1) is 0 Å². The molecule has 15 heavy (non-hydrogen) atoms. The van der Waals surface area contributed by atoms with Crippen molar-refractivity contribution >= 4 is 0 Å². The highest BCUT2D eigenvalue weighted by Crippen LogP contribution is 2.43. The van der Waals surface area contributed by atoms with E-state index < -0.39 is 0 Å². The van der Waals surface area contributed by atoms with Crippen molar-refractivity contribution in [2.24, 2.45) is 0 Å². The summed E-state index contributed by atoms with van der Waals surface area (Å²) < 4.78 is 11.3. The average molecular weight is 213 g/mol. The molecule has 1 aliphatic carbocycles. The molecule has 0 aromatic carbocycles. The van der Waals surface area contributed by atoms with Crippen molar-refractivity contribution in [1.29, 1.82) is 0 Å². The van der Waals surface area contributed by atoms with Gasteiger partial charge in [-0.3, -0.25) is 0 Å². The van der Waals surface area contributed by atoms with Gasteiger partial charge in [0.25, 0.3) is 0 Å². The molecule has 1 heterocycles. The fraction of sp³-hybridized carbons (Fsp3) is 1.00. The molecule has 1 spiro atoms. The van der Waals surface area contributed by atoms with E-state index in [4.69, 9.17) is 9.47 Å². The lowest BCUT2D eigenvalue weighted by Crippen LogP contribution is -2.56. The monoisotopic (exact) mass is 213 g/mol. The van der Waals surface area contributed by atoms with E-state index in [0.717, 1.165) is 26.0 Å². The van der Waals surface area contributed by atoms with E-state index in [9.17, 15) is 0 Å². The van der Waals surface area contributed by atoms with Crippen molar-refractivity contribution in [3.8, 4) is 0 Å². The van der Waals surface area contributed by atoms with Gasteiger partial charge in [-0.15, -0.1) is 0 Å². The van der Waals surface area contributed by atoms with Crippen LogP contribution in [0.1, 0.15) is 39.0 Å². The van der Waals surface area contributed by atoms with Crippen LogP contribution in [-0.4, -0.2) is 38.0 Å². The van der Waals surface area contributed by atoms with Crippen molar-refractivity contribution in [2.75, 3.05) is 20.3 Å². The summed E-state index contributed by atoms with van der Waals surface area (Å²) >= 11 is 0. The van der Waals surface area contributed by atoms with Crippen molar-refractivity contribution in [3.05, 3.63) is 0 Å². The Morgan fingerprint density at radius 2 is 2.20 bits per heavy atom. The van der Waals surface area contributed by atoms with Crippen LogP contribution < -0.4 is 5.32 Å². The minimum Gasteiger partial charge on any atom is -0.381 e. The maximum Gasteiger partial charge on any atom is 0.0746 e. The molecule has 1 aliphatic heterocycles. The smallest absolute Gasteiger partial charge is 0.0746 e. The van der Waals surface area contributed by atoms with Crippen LogP contribution in [0.25, 0.3) is 0 Å². The van der Waals surface area contributed by atoms with E-state index >= 15 is 0 Å². The summed E-state index contributed by atoms with van der Waals surface area (Å²) in [7, 11) is 1.80. The lowest BCUT2D eigenvalue weighted by atomic mass is 9.71. The van der Waals surface area contributed by atoms with Gasteiger partial charge in [0.1, 0.15) is 0 Å². The zero-order valence-electron chi connectivity index (χ0n) is 9.92. The second-order valence-electron chi connectivity index (χ2n) is 4.94. The molecule has 2 aliphatic rings. The third-order valence-electron chi connectivity index (χ3n) is 3.71. The zero-order chi connectivity index (χ0) is 10.7. The quantitative estimate of drug-likeness (QED) is 0.771. The highest BCUT2D eigenvalue weighted by atomic mass is 16.5. The average Bonchev–Trinajstić information content (AvgIpc) is 2.23. The molecule has 2 rings (SSSR count). The van der Waals surface area contributed by atoms with Gasteiger partial charge in [-0.25, -0.2) is 0 Å². The molecule has 3 nitrogen and oxygen atoms in total. The van der Waals surface area contributed by atoms with Crippen molar-refractivity contribution in [2.45, 2.75) is 56.8 Å². The molecule has 3 heteroatoms. The lowest BCUT2D eigenvalue weighted by Gasteiger charge is -2.51. The van der Waals surface area contributed by atoms with Gasteiger partial charge in [-0.1, -0.05) is 6.92 Å². The van der Waals surface area contributed by atoms with Gasteiger partial charge in [0.2, 0.25) is 0 Å². The van der Waals surface area contributed by atoms with Crippen LogP contribution in [0.5, 0.6) is 0 Å². The first kappa shape index (κ1) is 11.4. The molecule has 88 valence electrons. The number of ether oxygens (including phenoxy) is 2. The molecular weight excluding hydrogens is 190 g/mol. The van der Waals surface area contributed by atoms with Gasteiger partial charge in [-0.05, 0) is 25.8 Å². The largest absolute Gasteiger partial charge is 0.381 e. The molecule has 1 atom stereocenters. The van der Waals surface area contributed by atoms with E-state index in [1.807, 2.05) is 0 Å². The molecular formula is C12H23NO2. The summed E-state index contributed by atoms with van der Waals surface area (Å²) in [6.07, 6.45) is 6.17. The molecule has 0 bridgehead atoms. The predicted octanol–water partition coefficient (Wildman–Crippen LogP) is 1.71. The van der Waals surface area contributed by atoms with Crippen molar-refractivity contribution < 1.29 is 9.47 Å². The van der Waals surface area contributed by atoms with Gasteiger partial charge >= 0.3 is 0 Å². The van der Waals surface area contributed by atoms with Crippen LogP contribution in [0.4, 0.5) is 0 Å². The van der Waals surface area contributed by atoms with Gasteiger partial charge in [0, 0.05) is 32.6 Å². The topological polar surface area (TPSA) is 30.5 Å². The van der Waals surface area contributed by atoms with E-state index in [1.54, 1.807) is 7.11 Å². The second kappa shape index (κ2) is 4.81. The Morgan fingerprint density at radius 3 is 2.87 bits per heavy atom. The summed E-state index contributed by atoms with van der Waals surface area (Å²) in [6, 6.07) is 0.663. The van der Waals surface area contributed by atoms with E-state index in [0.29, 0.717) is 12.1 Å². The standard InChI is InChI=1S/C12H23NO2/c1-3-5-13-10-4-6-15-12(7-10)8-11(9-12)14-2/h10-11,13H,3-9H2,1-2H3. The van der Waals surface area contributed by atoms with Crippen molar-refractivity contribution in [3.63, 3.8) is 0 Å². The van der Waals surface area contributed by atoms with Gasteiger partial charge in [0.05, 0.1) is 11.7 Å². The number of nitrogens with one attached hydrogen (secondary N) is 1. The Labute approximate surface area is 92.5 Å². The van der Waals surface area contributed by atoms with Crippen molar-refractivity contribution in [1.82, 2.24) is 5.32 Å². The number of hydrogen-bond acceptors (Lipinski definition) is 3. The van der Waals surface area contributed by atoms with Gasteiger partial charge in [0.15, 0.2) is 0 Å². The highest BCUT2D eigenvalue weighted by molar-refractivity contribution is 5.01. The highest BCUT2D eigenvalue weighted by Gasteiger charge is 2.48. The maximum absolute atomic E-state index is 5.92. The Balaban J connectivity index is 1.78. The molecule has 0 aromatic rings. The number of rotatable bonds is 4. The van der Waals surface area contributed by atoms with Gasteiger partial charge in [-0.2, -0.15) is 0 Å². The first-order valence-corrected chi connectivity index (χ1v) is 6.18. The molecule has 1 saturated carbocycles. The Bertz CT molecular complexity index is 202. The Kier molecular flexibility index (Phi) is 3.65. The molecule has 0 aromatic heterocycles. The van der Waals surface area contributed by atoms with Gasteiger partial charge < -0.3 is 14.8 Å². The van der Waals surface area contributed by atoms with Crippen LogP contribution in [0.2, 0.25) is 0 Å². The maximum atomic E-state index is 5.92. The molecule has 1 saturated heterocycles. The molecule has 0 radical (unpaired) electrons. The Hall–Kier alpha value is -0.120. The first-order chi connectivity index (χ1) is 7.28. The van der Waals surface area contributed by atoms with E-state index in [1.165, 1.54) is 19.3 Å². The minimum atomic E-state index is 0.157. The summed E-state index contributed by atoms with van der Waals surface area (Å²) in [5, 5.41) is 3.61. The fourth-order valence-corrected chi connectivity index (χ4v) is 2.77. The predicted molar refractivity (Wildman–Crippen MR) is 60.0 cm³/mol. The third kappa shape index (κ3) is 2.52. The van der Waals surface area contributed by atoms with E-state index in [2.05, 4.69) is 12.2 Å². The van der Waals surface area contributed by atoms with Crippen LogP contribution >= 0.6 is 0 Å². The third-order valence-corrected chi connectivity index (χ3v) is 3.71. The lowest BCUT2D eigenvalue weighted by molar-refractivity contribution is -0.188. The van der Waals surface area contributed by atoms with Crippen LogP contribution in [0.15, 0.2) is 0 Å². The number of methoxy groups -OCH3 is 1. The zero-order valence-corrected chi connectivity index (χ0v) is 9.92. The molecule has 1 unspecified atom stereocenters.